The fourth-order valence-electron chi connectivity index (χ4n) is 3.52. The van der Waals surface area contributed by atoms with Crippen molar-refractivity contribution in [1.29, 1.82) is 0 Å². The number of phenolic OH excluding ortho intramolecular Hbond substituents is 2. The highest BCUT2D eigenvalue weighted by molar-refractivity contribution is 5.31. The van der Waals surface area contributed by atoms with Gasteiger partial charge in [-0.3, -0.25) is 0 Å². The molecule has 0 aliphatic carbocycles. The molecule has 22 heavy (non-hydrogen) atoms. The summed E-state index contributed by atoms with van der Waals surface area (Å²) in [7, 11) is 0. The molecule has 0 amide bonds. The molecule has 0 bridgehead atoms. The smallest absolute Gasteiger partial charge is 0.115 e. The van der Waals surface area contributed by atoms with Crippen LogP contribution in [0.15, 0.2) is 48.5 Å². The van der Waals surface area contributed by atoms with Gasteiger partial charge in [0.2, 0.25) is 0 Å². The van der Waals surface area contributed by atoms with Gasteiger partial charge in [0.05, 0.1) is 0 Å². The average Bonchev–Trinajstić information content (AvgIpc) is 2.53. The van der Waals surface area contributed by atoms with E-state index in [1.54, 1.807) is 24.3 Å². The van der Waals surface area contributed by atoms with Crippen molar-refractivity contribution >= 4 is 0 Å². The van der Waals surface area contributed by atoms with E-state index in [-0.39, 0.29) is 0 Å². The quantitative estimate of drug-likeness (QED) is 0.747. The molecule has 0 radical (unpaired) electrons. The summed E-state index contributed by atoms with van der Waals surface area (Å²) >= 11 is 0. The third kappa shape index (κ3) is 3.62. The van der Waals surface area contributed by atoms with Crippen LogP contribution < -0.4 is 0 Å². The second-order valence-electron chi connectivity index (χ2n) is 6.06. The molecule has 0 saturated heterocycles. The highest BCUT2D eigenvalue weighted by Gasteiger charge is 2.26. The molecule has 0 saturated carbocycles. The van der Waals surface area contributed by atoms with Crippen LogP contribution in [0.3, 0.4) is 0 Å². The topological polar surface area (TPSA) is 40.5 Å². The summed E-state index contributed by atoms with van der Waals surface area (Å²) < 4.78 is 0. The van der Waals surface area contributed by atoms with Crippen LogP contribution in [0.25, 0.3) is 0 Å². The third-order valence-corrected chi connectivity index (χ3v) is 4.81. The Hall–Kier alpha value is -1.96. The summed E-state index contributed by atoms with van der Waals surface area (Å²) in [6.45, 7) is 6.73. The van der Waals surface area contributed by atoms with E-state index in [1.165, 1.54) is 11.1 Å². The number of hydrogen-bond donors (Lipinski definition) is 2. The third-order valence-electron chi connectivity index (χ3n) is 4.81. The van der Waals surface area contributed by atoms with Crippen LogP contribution in [0.1, 0.15) is 56.6 Å². The fourth-order valence-corrected chi connectivity index (χ4v) is 3.52. The summed E-state index contributed by atoms with van der Waals surface area (Å²) in [4.78, 5) is 0. The zero-order chi connectivity index (χ0) is 16.1. The van der Waals surface area contributed by atoms with Gasteiger partial charge in [0.15, 0.2) is 0 Å². The van der Waals surface area contributed by atoms with Crippen molar-refractivity contribution in [2.24, 2.45) is 5.92 Å². The molecule has 0 aliphatic heterocycles. The Kier molecular flexibility index (Phi) is 5.48. The van der Waals surface area contributed by atoms with Gasteiger partial charge in [0.25, 0.3) is 0 Å². The maximum absolute atomic E-state index is 9.50. The molecule has 118 valence electrons. The number of benzene rings is 2. The van der Waals surface area contributed by atoms with Crippen molar-refractivity contribution in [1.82, 2.24) is 0 Å². The number of aromatic hydroxyl groups is 2. The fraction of sp³-hybridized carbons (Fsp3) is 0.400. The van der Waals surface area contributed by atoms with Crippen LogP contribution in [-0.2, 0) is 0 Å². The van der Waals surface area contributed by atoms with Crippen LogP contribution in [-0.4, -0.2) is 10.2 Å². The Morgan fingerprint density at radius 2 is 1.18 bits per heavy atom. The van der Waals surface area contributed by atoms with Gasteiger partial charge in [-0.2, -0.15) is 0 Å². The van der Waals surface area contributed by atoms with E-state index in [0.717, 1.165) is 12.8 Å². The van der Waals surface area contributed by atoms with E-state index in [4.69, 9.17) is 0 Å². The molecule has 0 aromatic heterocycles. The molecule has 2 heteroatoms. The lowest BCUT2D eigenvalue weighted by molar-refractivity contribution is 0.345. The lowest BCUT2D eigenvalue weighted by Gasteiger charge is -2.31. The predicted octanol–water partition coefficient (Wildman–Crippen LogP) is 5.42. The molecule has 2 N–H and O–H groups in total. The van der Waals surface area contributed by atoms with Gasteiger partial charge in [-0.05, 0) is 59.6 Å². The van der Waals surface area contributed by atoms with Gasteiger partial charge < -0.3 is 10.2 Å². The average molecular weight is 298 g/mol. The lowest BCUT2D eigenvalue weighted by Crippen LogP contribution is -2.18. The first kappa shape index (κ1) is 16.4. The molecule has 0 heterocycles. The highest BCUT2D eigenvalue weighted by Crippen LogP contribution is 2.40. The van der Waals surface area contributed by atoms with Gasteiger partial charge in [-0.25, -0.2) is 0 Å². The van der Waals surface area contributed by atoms with Gasteiger partial charge in [-0.15, -0.1) is 0 Å². The van der Waals surface area contributed by atoms with Gasteiger partial charge >= 0.3 is 0 Å². The summed E-state index contributed by atoms with van der Waals surface area (Å²) in [5, 5.41) is 19.0. The minimum atomic E-state index is 0.314. The molecule has 2 aromatic carbocycles. The first-order chi connectivity index (χ1) is 10.6. The van der Waals surface area contributed by atoms with E-state index in [9.17, 15) is 10.2 Å². The number of phenols is 2. The Morgan fingerprint density at radius 1 is 0.727 bits per heavy atom. The zero-order valence-corrected chi connectivity index (χ0v) is 13.7. The SMILES string of the molecule is CC[C@H]([C@H](CC)c1ccc(O)cc1)[C@@H](C)c1ccc(O)cc1. The van der Waals surface area contributed by atoms with Gasteiger partial charge in [0.1, 0.15) is 11.5 Å². The largest absolute Gasteiger partial charge is 0.508 e. The van der Waals surface area contributed by atoms with E-state index >= 15 is 0 Å². The van der Waals surface area contributed by atoms with E-state index < -0.39 is 0 Å². The molecular weight excluding hydrogens is 272 g/mol. The predicted molar refractivity (Wildman–Crippen MR) is 91.4 cm³/mol. The first-order valence-electron chi connectivity index (χ1n) is 8.14. The standard InChI is InChI=1S/C20H26O2/c1-4-19(14(3)15-6-10-17(21)11-7-15)20(5-2)16-8-12-18(22)13-9-16/h6-14,19-22H,4-5H2,1-3H3/t14-,19-,20+/m0/s1. The van der Waals surface area contributed by atoms with E-state index in [2.05, 4.69) is 20.8 Å². The summed E-state index contributed by atoms with van der Waals surface area (Å²) in [6.07, 6.45) is 2.17. The van der Waals surface area contributed by atoms with Crippen molar-refractivity contribution in [2.45, 2.75) is 45.4 Å². The zero-order valence-electron chi connectivity index (χ0n) is 13.7. The molecule has 2 rings (SSSR count). The Balaban J connectivity index is 2.27. The van der Waals surface area contributed by atoms with Crippen LogP contribution in [0.4, 0.5) is 0 Å². The molecule has 2 aromatic rings. The van der Waals surface area contributed by atoms with Crippen molar-refractivity contribution in [3.8, 4) is 11.5 Å². The molecule has 3 atom stereocenters. The Bertz CT molecular complexity index is 572. The summed E-state index contributed by atoms with van der Waals surface area (Å²) in [5.41, 5.74) is 2.56. The van der Waals surface area contributed by atoms with Crippen molar-refractivity contribution in [3.05, 3.63) is 59.7 Å². The molecule has 0 fully saturated rings. The second-order valence-corrected chi connectivity index (χ2v) is 6.06. The number of rotatable bonds is 6. The molecule has 2 nitrogen and oxygen atoms in total. The van der Waals surface area contributed by atoms with Crippen LogP contribution in [0, 0.1) is 5.92 Å². The van der Waals surface area contributed by atoms with Crippen LogP contribution in [0.2, 0.25) is 0 Å². The summed E-state index contributed by atoms with van der Waals surface area (Å²) in [6, 6.07) is 15.2. The number of hydrogen-bond acceptors (Lipinski definition) is 2. The van der Waals surface area contributed by atoms with Gasteiger partial charge in [0, 0.05) is 0 Å². The highest BCUT2D eigenvalue weighted by atomic mass is 16.3. The van der Waals surface area contributed by atoms with Crippen LogP contribution >= 0.6 is 0 Å². The monoisotopic (exact) mass is 298 g/mol. The van der Waals surface area contributed by atoms with E-state index in [1.807, 2.05) is 24.3 Å². The van der Waals surface area contributed by atoms with Crippen molar-refractivity contribution in [3.63, 3.8) is 0 Å². The minimum absolute atomic E-state index is 0.314. The minimum Gasteiger partial charge on any atom is -0.508 e. The van der Waals surface area contributed by atoms with Crippen molar-refractivity contribution < 1.29 is 10.2 Å². The summed E-state index contributed by atoms with van der Waals surface area (Å²) in [5.74, 6) is 2.05. The molecule has 0 aliphatic rings. The van der Waals surface area contributed by atoms with Crippen LogP contribution in [0.5, 0.6) is 11.5 Å². The first-order valence-corrected chi connectivity index (χ1v) is 8.14. The second kappa shape index (κ2) is 7.35. The van der Waals surface area contributed by atoms with Crippen molar-refractivity contribution in [2.75, 3.05) is 0 Å². The Labute approximate surface area is 133 Å². The van der Waals surface area contributed by atoms with E-state index in [0.29, 0.717) is 29.3 Å². The molecule has 0 unspecified atom stereocenters. The molecule has 0 spiro atoms. The lowest BCUT2D eigenvalue weighted by atomic mass is 9.73. The maximum atomic E-state index is 9.50. The maximum Gasteiger partial charge on any atom is 0.115 e. The Morgan fingerprint density at radius 3 is 1.59 bits per heavy atom. The molecular formula is C20H26O2. The van der Waals surface area contributed by atoms with Gasteiger partial charge in [-0.1, -0.05) is 51.5 Å². The normalized spacial score (nSPS) is 15.2.